The third-order valence-electron chi connectivity index (χ3n) is 3.24. The molecule has 1 heterocycles. The lowest BCUT2D eigenvalue weighted by molar-refractivity contribution is 0.301. The molecular formula is C14H27N5O. The smallest absolute Gasteiger partial charge is 0.148 e. The highest BCUT2D eigenvalue weighted by Crippen LogP contribution is 2.25. The lowest BCUT2D eigenvalue weighted by Gasteiger charge is -2.26. The molecule has 4 N–H and O–H groups in total. The maximum Gasteiger partial charge on any atom is 0.148 e. The molecule has 0 aliphatic carbocycles. The number of nitrogen functional groups attached to an aromatic ring is 1. The molecule has 6 nitrogen and oxygen atoms in total. The number of hydrazine groups is 1. The number of nitrogens with one attached hydrogen (secondary N) is 1. The van der Waals surface area contributed by atoms with Crippen molar-refractivity contribution in [3.8, 4) is 0 Å². The molecule has 0 atom stereocenters. The molecule has 0 radical (unpaired) electrons. The van der Waals surface area contributed by atoms with E-state index >= 15 is 0 Å². The quantitative estimate of drug-likeness (QED) is 0.497. The minimum absolute atomic E-state index is 0.107. The molecule has 0 fully saturated rings. The number of unbranched alkanes of at least 4 members (excludes halogenated alkanes) is 1. The summed E-state index contributed by atoms with van der Waals surface area (Å²) in [7, 11) is 0. The van der Waals surface area contributed by atoms with Gasteiger partial charge in [0.1, 0.15) is 17.5 Å². The zero-order valence-corrected chi connectivity index (χ0v) is 13.0. The molecule has 0 unspecified atom stereocenters. The largest absolute Gasteiger partial charge is 0.395 e. The van der Waals surface area contributed by atoms with Gasteiger partial charge in [0, 0.05) is 24.6 Å². The van der Waals surface area contributed by atoms with E-state index < -0.39 is 0 Å². The predicted octanol–water partition coefficient (Wildman–Crippen LogP) is 1.79. The number of hydrogen-bond acceptors (Lipinski definition) is 6. The number of aliphatic hydroxyl groups is 1. The minimum atomic E-state index is 0.107. The molecule has 0 saturated heterocycles. The first-order valence-electron chi connectivity index (χ1n) is 7.26. The number of rotatable bonds is 8. The van der Waals surface area contributed by atoms with E-state index in [1.165, 1.54) is 0 Å². The van der Waals surface area contributed by atoms with Crippen molar-refractivity contribution in [1.29, 1.82) is 0 Å². The van der Waals surface area contributed by atoms with E-state index in [2.05, 4.69) is 41.1 Å². The molecule has 0 saturated carbocycles. The highest BCUT2D eigenvalue weighted by molar-refractivity contribution is 5.58. The van der Waals surface area contributed by atoms with Crippen molar-refractivity contribution in [2.24, 2.45) is 5.84 Å². The SMILES string of the molecule is CCCCN(CCO)c1nc(C(C)C)nc(NN)c1C. The van der Waals surface area contributed by atoms with Crippen LogP contribution < -0.4 is 16.2 Å². The molecule has 1 rings (SSSR count). The average molecular weight is 281 g/mol. The van der Waals surface area contributed by atoms with E-state index in [1.54, 1.807) is 0 Å². The Labute approximate surface area is 121 Å². The monoisotopic (exact) mass is 281 g/mol. The topological polar surface area (TPSA) is 87.3 Å². The summed E-state index contributed by atoms with van der Waals surface area (Å²) in [4.78, 5) is 11.2. The van der Waals surface area contributed by atoms with E-state index in [4.69, 9.17) is 5.84 Å². The minimum Gasteiger partial charge on any atom is -0.395 e. The second kappa shape index (κ2) is 8.01. The third kappa shape index (κ3) is 4.05. The number of anilines is 2. The van der Waals surface area contributed by atoms with Crippen LogP contribution in [0.5, 0.6) is 0 Å². The van der Waals surface area contributed by atoms with Gasteiger partial charge >= 0.3 is 0 Å². The van der Waals surface area contributed by atoms with Gasteiger partial charge in [-0.15, -0.1) is 0 Å². The van der Waals surface area contributed by atoms with Crippen molar-refractivity contribution in [3.05, 3.63) is 11.4 Å². The van der Waals surface area contributed by atoms with Gasteiger partial charge in [-0.25, -0.2) is 15.8 Å². The van der Waals surface area contributed by atoms with Gasteiger partial charge in [-0.05, 0) is 13.3 Å². The predicted molar refractivity (Wildman–Crippen MR) is 82.9 cm³/mol. The summed E-state index contributed by atoms with van der Waals surface area (Å²) in [6, 6.07) is 0. The second-order valence-electron chi connectivity index (χ2n) is 5.24. The summed E-state index contributed by atoms with van der Waals surface area (Å²) >= 11 is 0. The summed E-state index contributed by atoms with van der Waals surface area (Å²) in [6.45, 7) is 9.75. The Morgan fingerprint density at radius 1 is 1.30 bits per heavy atom. The van der Waals surface area contributed by atoms with E-state index in [0.29, 0.717) is 12.4 Å². The lowest BCUT2D eigenvalue weighted by Crippen LogP contribution is -2.30. The van der Waals surface area contributed by atoms with Gasteiger partial charge in [0.25, 0.3) is 0 Å². The van der Waals surface area contributed by atoms with Crippen LogP contribution in [-0.2, 0) is 0 Å². The Bertz CT molecular complexity index is 422. The number of aliphatic hydroxyl groups excluding tert-OH is 1. The Hall–Kier alpha value is -1.40. The molecule has 114 valence electrons. The van der Waals surface area contributed by atoms with Crippen LogP contribution in [0.1, 0.15) is 50.9 Å². The molecular weight excluding hydrogens is 254 g/mol. The van der Waals surface area contributed by atoms with Gasteiger partial charge in [-0.3, -0.25) is 0 Å². The van der Waals surface area contributed by atoms with E-state index in [0.717, 1.165) is 36.6 Å². The highest BCUT2D eigenvalue weighted by atomic mass is 16.3. The van der Waals surface area contributed by atoms with Gasteiger partial charge in [-0.2, -0.15) is 0 Å². The van der Waals surface area contributed by atoms with E-state index in [9.17, 15) is 5.11 Å². The molecule has 0 amide bonds. The maximum atomic E-state index is 9.27. The first-order valence-corrected chi connectivity index (χ1v) is 7.26. The number of hydrogen-bond donors (Lipinski definition) is 3. The van der Waals surface area contributed by atoms with Crippen molar-refractivity contribution in [2.45, 2.75) is 46.5 Å². The maximum absolute atomic E-state index is 9.27. The summed E-state index contributed by atoms with van der Waals surface area (Å²) in [5, 5.41) is 9.27. The van der Waals surface area contributed by atoms with Crippen molar-refractivity contribution in [1.82, 2.24) is 9.97 Å². The summed E-state index contributed by atoms with van der Waals surface area (Å²) in [5.41, 5.74) is 3.56. The normalized spacial score (nSPS) is 10.9. The van der Waals surface area contributed by atoms with Crippen molar-refractivity contribution < 1.29 is 5.11 Å². The van der Waals surface area contributed by atoms with Crippen molar-refractivity contribution in [2.75, 3.05) is 30.0 Å². The van der Waals surface area contributed by atoms with Gasteiger partial charge in [0.15, 0.2) is 0 Å². The number of nitrogens with two attached hydrogens (primary N) is 1. The Morgan fingerprint density at radius 3 is 2.50 bits per heavy atom. The van der Waals surface area contributed by atoms with Crippen LogP contribution in [0, 0.1) is 6.92 Å². The average Bonchev–Trinajstić information content (AvgIpc) is 2.43. The zero-order valence-electron chi connectivity index (χ0n) is 13.0. The standard InChI is InChI=1S/C14H27N5O/c1-5-6-7-19(8-9-20)14-11(4)13(18-15)16-12(17-14)10(2)3/h10,20H,5-9,15H2,1-4H3,(H,16,17,18). The Kier molecular flexibility index (Phi) is 6.67. The van der Waals surface area contributed by atoms with Crippen LogP contribution in [0.15, 0.2) is 0 Å². The third-order valence-corrected chi connectivity index (χ3v) is 3.24. The number of aromatic nitrogens is 2. The molecule has 6 heteroatoms. The van der Waals surface area contributed by atoms with Crippen LogP contribution in [0.4, 0.5) is 11.6 Å². The van der Waals surface area contributed by atoms with Crippen LogP contribution in [0.2, 0.25) is 0 Å². The molecule has 1 aromatic rings. The summed E-state index contributed by atoms with van der Waals surface area (Å²) < 4.78 is 0. The molecule has 0 aliphatic rings. The molecule has 0 spiro atoms. The van der Waals surface area contributed by atoms with E-state index in [1.807, 2.05) is 6.92 Å². The van der Waals surface area contributed by atoms with Crippen molar-refractivity contribution >= 4 is 11.6 Å². The van der Waals surface area contributed by atoms with E-state index in [-0.39, 0.29) is 12.5 Å². The lowest BCUT2D eigenvalue weighted by atomic mass is 10.2. The van der Waals surface area contributed by atoms with Crippen LogP contribution >= 0.6 is 0 Å². The molecule has 1 aromatic heterocycles. The van der Waals surface area contributed by atoms with Crippen LogP contribution in [0.25, 0.3) is 0 Å². The van der Waals surface area contributed by atoms with Gasteiger partial charge in [-0.1, -0.05) is 27.2 Å². The first-order chi connectivity index (χ1) is 9.54. The first kappa shape index (κ1) is 16.7. The Morgan fingerprint density at radius 2 is 2.00 bits per heavy atom. The Balaban J connectivity index is 3.19. The summed E-state index contributed by atoms with van der Waals surface area (Å²) in [6.07, 6.45) is 2.16. The fourth-order valence-electron chi connectivity index (χ4n) is 2.02. The molecule has 0 aliphatic heterocycles. The molecule has 0 aromatic carbocycles. The van der Waals surface area contributed by atoms with Crippen molar-refractivity contribution in [3.63, 3.8) is 0 Å². The molecule has 20 heavy (non-hydrogen) atoms. The fraction of sp³-hybridized carbons (Fsp3) is 0.714. The summed E-state index contributed by atoms with van der Waals surface area (Å²) in [5.74, 6) is 8.05. The fourth-order valence-corrected chi connectivity index (χ4v) is 2.02. The van der Waals surface area contributed by atoms with Crippen LogP contribution in [0.3, 0.4) is 0 Å². The number of nitrogens with zero attached hydrogens (tertiary/aromatic N) is 3. The zero-order chi connectivity index (χ0) is 15.1. The van der Waals surface area contributed by atoms with Crippen LogP contribution in [-0.4, -0.2) is 34.8 Å². The van der Waals surface area contributed by atoms with Gasteiger partial charge in [0.2, 0.25) is 0 Å². The van der Waals surface area contributed by atoms with Gasteiger partial charge in [0.05, 0.1) is 6.61 Å². The molecule has 0 bridgehead atoms. The van der Waals surface area contributed by atoms with Gasteiger partial charge < -0.3 is 15.4 Å². The second-order valence-corrected chi connectivity index (χ2v) is 5.24. The highest BCUT2D eigenvalue weighted by Gasteiger charge is 2.17.